The summed E-state index contributed by atoms with van der Waals surface area (Å²) in [6, 6.07) is 4.39. The zero-order valence-corrected chi connectivity index (χ0v) is 14.5. The predicted molar refractivity (Wildman–Crippen MR) is 87.4 cm³/mol. The van der Waals surface area contributed by atoms with Crippen LogP contribution in [-0.2, 0) is 4.74 Å². The number of amides is 1. The number of hydrogen-bond acceptors (Lipinski definition) is 3. The summed E-state index contributed by atoms with van der Waals surface area (Å²) in [5, 5.41) is 0.0751. The van der Waals surface area contributed by atoms with Crippen molar-refractivity contribution < 1.29 is 18.7 Å². The second-order valence-electron chi connectivity index (χ2n) is 6.82. The molecule has 23 heavy (non-hydrogen) atoms. The summed E-state index contributed by atoms with van der Waals surface area (Å²) in [6.45, 7) is 7.27. The Morgan fingerprint density at radius 2 is 2.17 bits per heavy atom. The summed E-state index contributed by atoms with van der Waals surface area (Å²) in [5.41, 5.74) is -0.499. The molecule has 1 saturated heterocycles. The van der Waals surface area contributed by atoms with Crippen LogP contribution >= 0.6 is 11.6 Å². The molecule has 0 aliphatic carbocycles. The van der Waals surface area contributed by atoms with Gasteiger partial charge in [-0.1, -0.05) is 11.6 Å². The topological polar surface area (TPSA) is 38.8 Å². The summed E-state index contributed by atoms with van der Waals surface area (Å²) in [5.74, 6) is 0.152. The number of benzene rings is 1. The van der Waals surface area contributed by atoms with Crippen LogP contribution in [0.4, 0.5) is 9.18 Å². The number of carbonyl (C=O) groups excluding carboxylic acids is 1. The van der Waals surface area contributed by atoms with Crippen molar-refractivity contribution in [3.05, 3.63) is 29.0 Å². The number of halogens is 2. The zero-order valence-electron chi connectivity index (χ0n) is 13.8. The molecule has 4 nitrogen and oxygen atoms in total. The van der Waals surface area contributed by atoms with Gasteiger partial charge in [-0.15, -0.1) is 0 Å². The summed E-state index contributed by atoms with van der Waals surface area (Å²) in [6.07, 6.45) is 1.58. The first-order valence-corrected chi connectivity index (χ1v) is 8.18. The first-order chi connectivity index (χ1) is 10.7. The van der Waals surface area contributed by atoms with Crippen LogP contribution in [0.1, 0.15) is 33.6 Å². The van der Waals surface area contributed by atoms with Crippen LogP contribution in [0.3, 0.4) is 0 Å². The molecule has 1 aliphatic heterocycles. The zero-order chi connectivity index (χ0) is 17.0. The van der Waals surface area contributed by atoms with Crippen LogP contribution in [0.25, 0.3) is 0 Å². The van der Waals surface area contributed by atoms with Crippen molar-refractivity contribution in [3.63, 3.8) is 0 Å². The molecule has 0 N–H and O–H groups in total. The maximum absolute atomic E-state index is 13.4. The second kappa shape index (κ2) is 7.39. The SMILES string of the molecule is CC(C)(C)OC(=O)N1CCCC(COc2ccc(Cl)c(F)c2)C1. The van der Waals surface area contributed by atoms with Gasteiger partial charge >= 0.3 is 6.09 Å². The Hall–Kier alpha value is -1.49. The van der Waals surface area contributed by atoms with Crippen LogP contribution in [0.5, 0.6) is 5.75 Å². The van der Waals surface area contributed by atoms with Gasteiger partial charge in [-0.05, 0) is 45.7 Å². The largest absolute Gasteiger partial charge is 0.493 e. The number of rotatable bonds is 3. The molecule has 0 bridgehead atoms. The Bertz CT molecular complexity index is 559. The van der Waals surface area contributed by atoms with Gasteiger partial charge in [0.1, 0.15) is 17.2 Å². The molecule has 1 heterocycles. The van der Waals surface area contributed by atoms with E-state index in [9.17, 15) is 9.18 Å². The van der Waals surface area contributed by atoms with E-state index in [0.29, 0.717) is 25.4 Å². The van der Waals surface area contributed by atoms with E-state index in [1.54, 1.807) is 11.0 Å². The van der Waals surface area contributed by atoms with Gasteiger partial charge in [-0.3, -0.25) is 0 Å². The van der Waals surface area contributed by atoms with E-state index in [4.69, 9.17) is 21.1 Å². The Balaban J connectivity index is 1.86. The van der Waals surface area contributed by atoms with E-state index in [1.807, 2.05) is 20.8 Å². The fourth-order valence-electron chi connectivity index (χ4n) is 2.47. The van der Waals surface area contributed by atoms with E-state index < -0.39 is 11.4 Å². The number of ether oxygens (including phenoxy) is 2. The number of likely N-dealkylation sites (tertiary alicyclic amines) is 1. The van der Waals surface area contributed by atoms with E-state index in [2.05, 4.69) is 0 Å². The third-order valence-electron chi connectivity index (χ3n) is 3.55. The highest BCUT2D eigenvalue weighted by Gasteiger charge is 2.27. The molecule has 0 aromatic heterocycles. The third-order valence-corrected chi connectivity index (χ3v) is 3.85. The van der Waals surface area contributed by atoms with Gasteiger partial charge in [0.05, 0.1) is 11.6 Å². The lowest BCUT2D eigenvalue weighted by molar-refractivity contribution is 0.0139. The quantitative estimate of drug-likeness (QED) is 0.810. The van der Waals surface area contributed by atoms with Crippen LogP contribution in [0, 0.1) is 11.7 Å². The number of hydrogen-bond donors (Lipinski definition) is 0. The Morgan fingerprint density at radius 1 is 1.43 bits per heavy atom. The van der Waals surface area contributed by atoms with Crippen molar-refractivity contribution in [2.75, 3.05) is 19.7 Å². The second-order valence-corrected chi connectivity index (χ2v) is 7.23. The Kier molecular flexibility index (Phi) is 5.74. The lowest BCUT2D eigenvalue weighted by atomic mass is 9.99. The standard InChI is InChI=1S/C17H23ClFNO3/c1-17(2,3)23-16(21)20-8-4-5-12(10-20)11-22-13-6-7-14(18)15(19)9-13/h6-7,9,12H,4-5,8,10-11H2,1-3H3. The van der Waals surface area contributed by atoms with Gasteiger partial charge in [0, 0.05) is 25.1 Å². The van der Waals surface area contributed by atoms with Crippen LogP contribution in [-0.4, -0.2) is 36.3 Å². The van der Waals surface area contributed by atoms with Crippen molar-refractivity contribution in [3.8, 4) is 5.75 Å². The summed E-state index contributed by atoms with van der Waals surface area (Å²) < 4.78 is 24.4. The first kappa shape index (κ1) is 17.9. The Morgan fingerprint density at radius 3 is 2.83 bits per heavy atom. The Labute approximate surface area is 141 Å². The minimum Gasteiger partial charge on any atom is -0.493 e. The fourth-order valence-corrected chi connectivity index (χ4v) is 2.59. The number of nitrogens with zero attached hydrogens (tertiary/aromatic N) is 1. The van der Waals surface area contributed by atoms with Gasteiger partial charge in [-0.2, -0.15) is 0 Å². The monoisotopic (exact) mass is 343 g/mol. The molecule has 0 spiro atoms. The smallest absolute Gasteiger partial charge is 0.410 e. The highest BCUT2D eigenvalue weighted by molar-refractivity contribution is 6.30. The maximum atomic E-state index is 13.4. The van der Waals surface area contributed by atoms with Crippen molar-refractivity contribution in [1.82, 2.24) is 4.90 Å². The van der Waals surface area contributed by atoms with Crippen molar-refractivity contribution >= 4 is 17.7 Å². The molecule has 1 aromatic carbocycles. The molecular formula is C17H23ClFNO3. The van der Waals surface area contributed by atoms with Gasteiger partial charge < -0.3 is 14.4 Å². The number of carbonyl (C=O) groups is 1. The molecule has 0 radical (unpaired) electrons. The molecule has 6 heteroatoms. The van der Waals surface area contributed by atoms with Crippen LogP contribution in [0.15, 0.2) is 18.2 Å². The van der Waals surface area contributed by atoms with Gasteiger partial charge in [-0.25, -0.2) is 9.18 Å². The predicted octanol–water partition coefficient (Wildman–Crippen LogP) is 4.51. The molecule has 1 fully saturated rings. The molecule has 2 rings (SSSR count). The average Bonchev–Trinajstić information content (AvgIpc) is 2.47. The summed E-state index contributed by atoms with van der Waals surface area (Å²) in [4.78, 5) is 13.8. The molecule has 0 saturated carbocycles. The molecule has 1 aromatic rings. The molecule has 1 unspecified atom stereocenters. The molecule has 1 aliphatic rings. The molecule has 1 atom stereocenters. The lowest BCUT2D eigenvalue weighted by Gasteiger charge is -2.34. The van der Waals surface area contributed by atoms with E-state index in [1.165, 1.54) is 12.1 Å². The van der Waals surface area contributed by atoms with Crippen LogP contribution in [0.2, 0.25) is 5.02 Å². The van der Waals surface area contributed by atoms with Gasteiger partial charge in [0.15, 0.2) is 0 Å². The molecule has 1 amide bonds. The van der Waals surface area contributed by atoms with E-state index in [0.717, 1.165) is 12.8 Å². The van der Waals surface area contributed by atoms with E-state index >= 15 is 0 Å². The minimum absolute atomic E-state index is 0.0751. The summed E-state index contributed by atoms with van der Waals surface area (Å²) >= 11 is 5.65. The van der Waals surface area contributed by atoms with Gasteiger partial charge in [0.2, 0.25) is 0 Å². The minimum atomic E-state index is -0.499. The number of piperidine rings is 1. The lowest BCUT2D eigenvalue weighted by Crippen LogP contribution is -2.44. The third kappa shape index (κ3) is 5.57. The normalized spacial score (nSPS) is 18.7. The van der Waals surface area contributed by atoms with Crippen molar-refractivity contribution in [1.29, 1.82) is 0 Å². The highest BCUT2D eigenvalue weighted by Crippen LogP contribution is 2.23. The average molecular weight is 344 g/mol. The molecule has 128 valence electrons. The van der Waals surface area contributed by atoms with E-state index in [-0.39, 0.29) is 17.0 Å². The first-order valence-electron chi connectivity index (χ1n) is 7.80. The van der Waals surface area contributed by atoms with Crippen molar-refractivity contribution in [2.45, 2.75) is 39.2 Å². The van der Waals surface area contributed by atoms with Crippen molar-refractivity contribution in [2.24, 2.45) is 5.92 Å². The van der Waals surface area contributed by atoms with Crippen LogP contribution < -0.4 is 4.74 Å². The maximum Gasteiger partial charge on any atom is 0.410 e. The molecular weight excluding hydrogens is 321 g/mol. The highest BCUT2D eigenvalue weighted by atomic mass is 35.5. The van der Waals surface area contributed by atoms with Gasteiger partial charge in [0.25, 0.3) is 0 Å². The summed E-state index contributed by atoms with van der Waals surface area (Å²) in [7, 11) is 0. The fraction of sp³-hybridized carbons (Fsp3) is 0.588.